The molecule has 2 aromatic carbocycles. The Bertz CT molecular complexity index is 1060. The number of halogens is 2. The van der Waals surface area contributed by atoms with Crippen LogP contribution in [0.3, 0.4) is 0 Å². The number of hydrogen-bond donors (Lipinski definition) is 4. The summed E-state index contributed by atoms with van der Waals surface area (Å²) >= 11 is 0. The lowest BCUT2D eigenvalue weighted by molar-refractivity contribution is 0.117. The Kier molecular flexibility index (Phi) is 6.55. The Morgan fingerprint density at radius 2 is 1.97 bits per heavy atom. The molecule has 7 nitrogen and oxygen atoms in total. The SMILES string of the molecule is COc1cc(F)c(CC(NC(=O)NC2CCC(O)CC2)c2nc3ccccc3[nH]2)cc1F. The van der Waals surface area contributed by atoms with Crippen molar-refractivity contribution in [1.29, 1.82) is 0 Å². The van der Waals surface area contributed by atoms with E-state index in [1.165, 1.54) is 7.11 Å². The number of fused-ring (bicyclic) bond motifs is 1. The molecular formula is C23H26F2N4O3. The molecule has 0 spiro atoms. The number of ether oxygens (including phenoxy) is 1. The van der Waals surface area contributed by atoms with Crippen LogP contribution in [-0.2, 0) is 6.42 Å². The van der Waals surface area contributed by atoms with E-state index >= 15 is 0 Å². The van der Waals surface area contributed by atoms with E-state index in [2.05, 4.69) is 20.6 Å². The molecule has 1 atom stereocenters. The maximum absolute atomic E-state index is 14.6. The number of aromatic nitrogens is 2. The summed E-state index contributed by atoms with van der Waals surface area (Å²) in [6.07, 6.45) is 2.29. The quantitative estimate of drug-likeness (QED) is 0.466. The number of aromatic amines is 1. The molecule has 1 saturated carbocycles. The van der Waals surface area contributed by atoms with Gasteiger partial charge in [0.2, 0.25) is 0 Å². The molecule has 0 saturated heterocycles. The van der Waals surface area contributed by atoms with E-state index in [1.54, 1.807) is 0 Å². The van der Waals surface area contributed by atoms with Crippen molar-refractivity contribution < 1.29 is 23.4 Å². The van der Waals surface area contributed by atoms with Gasteiger partial charge in [-0.15, -0.1) is 0 Å². The summed E-state index contributed by atoms with van der Waals surface area (Å²) in [4.78, 5) is 20.4. The second-order valence-corrected chi connectivity index (χ2v) is 8.10. The number of H-pyrrole nitrogens is 1. The third-order valence-electron chi connectivity index (χ3n) is 5.82. The first-order chi connectivity index (χ1) is 15.4. The highest BCUT2D eigenvalue weighted by Crippen LogP contribution is 2.26. The monoisotopic (exact) mass is 444 g/mol. The normalized spacial score (nSPS) is 19.5. The summed E-state index contributed by atoms with van der Waals surface area (Å²) in [6, 6.07) is 8.25. The Labute approximate surface area is 184 Å². The maximum atomic E-state index is 14.6. The van der Waals surface area contributed by atoms with Crippen LogP contribution < -0.4 is 15.4 Å². The van der Waals surface area contributed by atoms with Crippen LogP contribution in [0.2, 0.25) is 0 Å². The predicted molar refractivity (Wildman–Crippen MR) is 115 cm³/mol. The topological polar surface area (TPSA) is 99.3 Å². The van der Waals surface area contributed by atoms with Crippen LogP contribution in [0.15, 0.2) is 36.4 Å². The maximum Gasteiger partial charge on any atom is 0.315 e. The number of methoxy groups -OCH3 is 1. The van der Waals surface area contributed by atoms with Gasteiger partial charge in [-0.3, -0.25) is 0 Å². The highest BCUT2D eigenvalue weighted by Gasteiger charge is 2.25. The first-order valence-corrected chi connectivity index (χ1v) is 10.6. The van der Waals surface area contributed by atoms with Crippen LogP contribution in [0.25, 0.3) is 11.0 Å². The molecule has 2 amide bonds. The molecule has 170 valence electrons. The highest BCUT2D eigenvalue weighted by molar-refractivity contribution is 5.76. The predicted octanol–water partition coefficient (Wildman–Crippen LogP) is 3.74. The molecule has 1 aliphatic rings. The first-order valence-electron chi connectivity index (χ1n) is 10.6. The highest BCUT2D eigenvalue weighted by atomic mass is 19.1. The Morgan fingerprint density at radius 1 is 1.22 bits per heavy atom. The lowest BCUT2D eigenvalue weighted by Gasteiger charge is -2.27. The fraction of sp³-hybridized carbons (Fsp3) is 0.391. The zero-order chi connectivity index (χ0) is 22.7. The van der Waals surface area contributed by atoms with Gasteiger partial charge in [0.05, 0.1) is 30.3 Å². The molecule has 9 heteroatoms. The fourth-order valence-corrected chi connectivity index (χ4v) is 4.06. The smallest absolute Gasteiger partial charge is 0.315 e. The van der Waals surface area contributed by atoms with E-state index in [-0.39, 0.29) is 29.9 Å². The van der Waals surface area contributed by atoms with Crippen molar-refractivity contribution in [2.45, 2.75) is 50.3 Å². The van der Waals surface area contributed by atoms with Crippen molar-refractivity contribution >= 4 is 17.1 Å². The van der Waals surface area contributed by atoms with Gasteiger partial charge in [0.15, 0.2) is 11.6 Å². The molecule has 1 aliphatic carbocycles. The molecule has 1 fully saturated rings. The molecule has 1 heterocycles. The van der Waals surface area contributed by atoms with Gasteiger partial charge in [-0.2, -0.15) is 0 Å². The summed E-state index contributed by atoms with van der Waals surface area (Å²) < 4.78 is 33.7. The van der Waals surface area contributed by atoms with Crippen molar-refractivity contribution in [3.63, 3.8) is 0 Å². The number of urea groups is 1. The van der Waals surface area contributed by atoms with Crippen molar-refractivity contribution in [2.24, 2.45) is 0 Å². The minimum Gasteiger partial charge on any atom is -0.494 e. The van der Waals surface area contributed by atoms with Crippen LogP contribution in [-0.4, -0.2) is 40.4 Å². The summed E-state index contributed by atoms with van der Waals surface area (Å²) in [7, 11) is 1.27. The summed E-state index contributed by atoms with van der Waals surface area (Å²) in [6.45, 7) is 0. The van der Waals surface area contributed by atoms with E-state index in [4.69, 9.17) is 4.74 Å². The number of para-hydroxylation sites is 2. The minimum absolute atomic E-state index is 0.0105. The number of imidazole rings is 1. The number of amides is 2. The molecule has 32 heavy (non-hydrogen) atoms. The van der Waals surface area contributed by atoms with Gasteiger partial charge >= 0.3 is 6.03 Å². The van der Waals surface area contributed by atoms with Crippen molar-refractivity contribution in [1.82, 2.24) is 20.6 Å². The van der Waals surface area contributed by atoms with E-state index in [1.807, 2.05) is 24.3 Å². The minimum atomic E-state index is -0.723. The number of nitrogens with one attached hydrogen (secondary N) is 3. The van der Waals surface area contributed by atoms with Gasteiger partial charge in [-0.25, -0.2) is 18.6 Å². The summed E-state index contributed by atoms with van der Waals surface area (Å²) in [5.41, 5.74) is 1.57. The van der Waals surface area contributed by atoms with Gasteiger partial charge in [0.25, 0.3) is 0 Å². The second-order valence-electron chi connectivity index (χ2n) is 8.10. The molecule has 0 radical (unpaired) electrons. The average Bonchev–Trinajstić information content (AvgIpc) is 3.21. The van der Waals surface area contributed by atoms with Crippen LogP contribution in [0, 0.1) is 11.6 Å². The Morgan fingerprint density at radius 3 is 2.69 bits per heavy atom. The van der Waals surface area contributed by atoms with E-state index < -0.39 is 23.7 Å². The molecule has 1 unspecified atom stereocenters. The average molecular weight is 444 g/mol. The van der Waals surface area contributed by atoms with Crippen molar-refractivity contribution in [3.05, 3.63) is 59.4 Å². The molecule has 4 N–H and O–H groups in total. The largest absolute Gasteiger partial charge is 0.494 e. The zero-order valence-electron chi connectivity index (χ0n) is 17.7. The number of aliphatic hydroxyl groups excluding tert-OH is 1. The standard InChI is InChI=1S/C23H26F2N4O3/c1-32-21-12-16(24)13(10-17(21)25)11-20(22-27-18-4-2-3-5-19(18)28-22)29-23(31)26-14-6-8-15(30)9-7-14/h2-5,10,12,14-15,20,30H,6-9,11H2,1H3,(H,27,28)(H2,26,29,31). The van der Waals surface area contributed by atoms with Crippen LogP contribution >= 0.6 is 0 Å². The van der Waals surface area contributed by atoms with Gasteiger partial charge in [-0.05, 0) is 49.4 Å². The first kappa shape index (κ1) is 22.0. The molecule has 0 bridgehead atoms. The summed E-state index contributed by atoms with van der Waals surface area (Å²) in [5, 5.41) is 15.4. The summed E-state index contributed by atoms with van der Waals surface area (Å²) in [5.74, 6) is -1.06. The number of rotatable bonds is 6. The zero-order valence-corrected chi connectivity index (χ0v) is 17.7. The Hall–Kier alpha value is -3.20. The molecular weight excluding hydrogens is 418 g/mol. The number of nitrogens with zero attached hydrogens (tertiary/aromatic N) is 1. The van der Waals surface area contributed by atoms with Gasteiger partial charge in [0.1, 0.15) is 11.6 Å². The number of carbonyl (C=O) groups excluding carboxylic acids is 1. The van der Waals surface area contributed by atoms with E-state index in [0.29, 0.717) is 37.0 Å². The van der Waals surface area contributed by atoms with Crippen molar-refractivity contribution in [2.75, 3.05) is 7.11 Å². The Balaban J connectivity index is 1.57. The van der Waals surface area contributed by atoms with Gasteiger partial charge < -0.3 is 25.5 Å². The molecule has 4 rings (SSSR count). The molecule has 1 aromatic heterocycles. The lowest BCUT2D eigenvalue weighted by Crippen LogP contribution is -2.45. The number of benzene rings is 2. The lowest BCUT2D eigenvalue weighted by atomic mass is 9.93. The number of aliphatic hydroxyl groups is 1. The van der Waals surface area contributed by atoms with Gasteiger partial charge in [0, 0.05) is 18.5 Å². The van der Waals surface area contributed by atoms with E-state index in [0.717, 1.165) is 17.6 Å². The third kappa shape index (κ3) is 4.99. The van der Waals surface area contributed by atoms with Crippen LogP contribution in [0.5, 0.6) is 5.75 Å². The van der Waals surface area contributed by atoms with E-state index in [9.17, 15) is 18.7 Å². The molecule has 0 aliphatic heterocycles. The second kappa shape index (κ2) is 9.52. The van der Waals surface area contributed by atoms with Crippen LogP contribution in [0.1, 0.15) is 43.1 Å². The van der Waals surface area contributed by atoms with Crippen LogP contribution in [0.4, 0.5) is 13.6 Å². The third-order valence-corrected chi connectivity index (χ3v) is 5.82. The molecule has 3 aromatic rings. The van der Waals surface area contributed by atoms with Gasteiger partial charge in [-0.1, -0.05) is 12.1 Å². The number of hydrogen-bond acceptors (Lipinski definition) is 4. The number of carbonyl (C=O) groups is 1. The van der Waals surface area contributed by atoms with Crippen molar-refractivity contribution in [3.8, 4) is 5.75 Å². The fourth-order valence-electron chi connectivity index (χ4n) is 4.06.